The highest BCUT2D eigenvalue weighted by atomic mass is 19.1. The zero-order valence-electron chi connectivity index (χ0n) is 22.4. The number of carbonyl (C=O) groups is 1. The number of guanidine groups is 1. The number of hydrogen-bond acceptors (Lipinski definition) is 7. The van der Waals surface area contributed by atoms with Crippen LogP contribution in [0.25, 0.3) is 11.3 Å². The molecule has 0 saturated carbocycles. The number of para-hydroxylation sites is 1. The van der Waals surface area contributed by atoms with E-state index in [-0.39, 0.29) is 18.2 Å². The molecule has 2 aromatic heterocycles. The summed E-state index contributed by atoms with van der Waals surface area (Å²) in [6.07, 6.45) is 0.0867. The van der Waals surface area contributed by atoms with Gasteiger partial charge in [0.1, 0.15) is 17.5 Å². The van der Waals surface area contributed by atoms with Crippen molar-refractivity contribution in [3.05, 3.63) is 89.9 Å². The van der Waals surface area contributed by atoms with Crippen molar-refractivity contribution < 1.29 is 13.9 Å². The number of rotatable bonds is 6. The Hall–Kier alpha value is -4.57. The van der Waals surface area contributed by atoms with E-state index in [1.165, 1.54) is 6.07 Å². The second-order valence-corrected chi connectivity index (χ2v) is 10.5. The number of hydrogen-bond donors (Lipinski definition) is 1. The lowest BCUT2D eigenvalue weighted by atomic mass is 9.99. The number of likely N-dealkylation sites (N-methyl/N-ethyl adjacent to an activating group) is 1. The van der Waals surface area contributed by atoms with E-state index in [0.717, 1.165) is 28.2 Å². The van der Waals surface area contributed by atoms with Crippen LogP contribution in [-0.4, -0.2) is 50.3 Å². The van der Waals surface area contributed by atoms with Crippen molar-refractivity contribution in [1.29, 1.82) is 0 Å². The Morgan fingerprint density at radius 1 is 1.05 bits per heavy atom. The number of amides is 1. The minimum absolute atomic E-state index is 0.0951. The van der Waals surface area contributed by atoms with Crippen molar-refractivity contribution in [2.24, 2.45) is 4.99 Å². The molecule has 3 aliphatic rings. The molecule has 2 aromatic carbocycles. The molecule has 1 fully saturated rings. The highest BCUT2D eigenvalue weighted by Gasteiger charge is 2.58. The third kappa shape index (κ3) is 3.86. The monoisotopic (exact) mass is 537 g/mol. The van der Waals surface area contributed by atoms with E-state index in [2.05, 4.69) is 10.3 Å². The van der Waals surface area contributed by atoms with Crippen LogP contribution in [0.1, 0.15) is 37.5 Å². The van der Waals surface area contributed by atoms with Crippen LogP contribution >= 0.6 is 0 Å². The molecular formula is C30H28FN7O2. The first kappa shape index (κ1) is 24.5. The molecule has 0 aliphatic carbocycles. The normalized spacial score (nSPS) is 22.8. The number of aliphatic imine (C=N–C) groups is 1. The molecular weight excluding hydrogens is 509 g/mol. The van der Waals surface area contributed by atoms with E-state index >= 15 is 0 Å². The molecule has 0 bridgehead atoms. The third-order valence-electron chi connectivity index (χ3n) is 7.86. The Kier molecular flexibility index (Phi) is 5.50. The number of anilines is 3. The molecule has 0 radical (unpaired) electrons. The average Bonchev–Trinajstić information content (AvgIpc) is 3.63. The summed E-state index contributed by atoms with van der Waals surface area (Å²) in [5.74, 6) is 1.25. The van der Waals surface area contributed by atoms with Crippen LogP contribution < -0.4 is 10.2 Å². The molecule has 9 nitrogen and oxygen atoms in total. The molecule has 1 amide bonds. The standard InChI is InChI=1S/C30H28FN7O2/c1-4-30(2)28(39)38-26-23(24-27(40-24)36(3)29(38)34-30)25(32-20-9-6-5-7-10-20)37(35-26)17-18-13-15-19(16-14-18)21-11-8-12-22(31)33-21/h5-16,24,27,32H,4,17H2,1-3H3/t24?,27?,30-/m1/s1. The molecule has 7 rings (SSSR count). The summed E-state index contributed by atoms with van der Waals surface area (Å²) in [6, 6.07) is 22.4. The highest BCUT2D eigenvalue weighted by molar-refractivity contribution is 6.24. The van der Waals surface area contributed by atoms with Crippen LogP contribution in [0.4, 0.5) is 21.7 Å². The molecule has 2 unspecified atom stereocenters. The highest BCUT2D eigenvalue weighted by Crippen LogP contribution is 2.52. The van der Waals surface area contributed by atoms with Gasteiger partial charge >= 0.3 is 0 Å². The van der Waals surface area contributed by atoms with Crippen molar-refractivity contribution in [2.75, 3.05) is 17.3 Å². The van der Waals surface area contributed by atoms with Crippen molar-refractivity contribution in [2.45, 2.75) is 44.7 Å². The Morgan fingerprint density at radius 3 is 2.55 bits per heavy atom. The predicted molar refractivity (Wildman–Crippen MR) is 150 cm³/mol. The maximum atomic E-state index is 13.8. The number of epoxide rings is 1. The molecule has 5 heterocycles. The molecule has 10 heteroatoms. The van der Waals surface area contributed by atoms with Gasteiger partial charge in [-0.25, -0.2) is 19.6 Å². The van der Waals surface area contributed by atoms with Crippen molar-refractivity contribution in [1.82, 2.24) is 19.7 Å². The third-order valence-corrected chi connectivity index (χ3v) is 7.86. The molecule has 40 heavy (non-hydrogen) atoms. The Bertz CT molecular complexity index is 1650. The van der Waals surface area contributed by atoms with Crippen LogP contribution in [0.3, 0.4) is 0 Å². The van der Waals surface area contributed by atoms with Crippen LogP contribution in [0.15, 0.2) is 77.8 Å². The van der Waals surface area contributed by atoms with Gasteiger partial charge in [0, 0.05) is 18.3 Å². The molecule has 1 N–H and O–H groups in total. The SMILES string of the molecule is CC[C@@]1(C)N=C2N(C1=O)c1nn(Cc3ccc(-c4cccc(F)n4)cc3)c(Nc3ccccc3)c1C1OC1N2C. The molecule has 202 valence electrons. The molecule has 3 atom stereocenters. The van der Waals surface area contributed by atoms with Gasteiger partial charge in [-0.2, -0.15) is 9.49 Å². The lowest BCUT2D eigenvalue weighted by molar-refractivity contribution is -0.121. The van der Waals surface area contributed by atoms with Crippen molar-refractivity contribution in [3.63, 3.8) is 0 Å². The first-order chi connectivity index (χ1) is 19.4. The topological polar surface area (TPSA) is 91.2 Å². The number of fused-ring (bicyclic) bond motifs is 5. The lowest BCUT2D eigenvalue weighted by Gasteiger charge is -2.23. The zero-order valence-corrected chi connectivity index (χ0v) is 22.4. The van der Waals surface area contributed by atoms with E-state index in [1.54, 1.807) is 17.0 Å². The molecule has 0 spiro atoms. The summed E-state index contributed by atoms with van der Waals surface area (Å²) in [5, 5.41) is 8.55. The summed E-state index contributed by atoms with van der Waals surface area (Å²) >= 11 is 0. The fourth-order valence-corrected chi connectivity index (χ4v) is 5.35. The second kappa shape index (κ2) is 8.99. The summed E-state index contributed by atoms with van der Waals surface area (Å²) in [5.41, 5.74) is 3.25. The number of nitrogens with one attached hydrogen (secondary N) is 1. The quantitative estimate of drug-likeness (QED) is 0.272. The van der Waals surface area contributed by atoms with Gasteiger partial charge < -0.3 is 15.0 Å². The number of benzene rings is 2. The number of nitrogens with zero attached hydrogens (tertiary/aromatic N) is 6. The van der Waals surface area contributed by atoms with E-state index in [1.807, 2.05) is 85.1 Å². The van der Waals surface area contributed by atoms with Gasteiger partial charge in [0.05, 0.1) is 17.8 Å². The van der Waals surface area contributed by atoms with Gasteiger partial charge in [-0.3, -0.25) is 4.79 Å². The number of ether oxygens (including phenoxy) is 1. The minimum Gasteiger partial charge on any atom is -0.342 e. The second-order valence-electron chi connectivity index (χ2n) is 10.5. The smallest absolute Gasteiger partial charge is 0.262 e. The first-order valence-corrected chi connectivity index (χ1v) is 13.3. The van der Waals surface area contributed by atoms with Crippen molar-refractivity contribution >= 4 is 29.2 Å². The maximum Gasteiger partial charge on any atom is 0.262 e. The molecule has 4 aromatic rings. The lowest BCUT2D eigenvalue weighted by Crippen LogP contribution is -2.45. The van der Waals surface area contributed by atoms with Crippen molar-refractivity contribution in [3.8, 4) is 11.3 Å². The Labute approximate surface area is 230 Å². The summed E-state index contributed by atoms with van der Waals surface area (Å²) in [4.78, 5) is 26.2. The van der Waals surface area contributed by atoms with E-state index in [9.17, 15) is 9.18 Å². The van der Waals surface area contributed by atoms with Crippen LogP contribution in [0, 0.1) is 5.95 Å². The van der Waals surface area contributed by atoms with Gasteiger partial charge in [-0.15, -0.1) is 0 Å². The van der Waals surface area contributed by atoms with Gasteiger partial charge in [-0.05, 0) is 43.2 Å². The number of pyridine rings is 1. The van der Waals surface area contributed by atoms with E-state index in [4.69, 9.17) is 14.8 Å². The number of carbonyl (C=O) groups excluding carboxylic acids is 1. The maximum absolute atomic E-state index is 13.8. The minimum atomic E-state index is -0.861. The van der Waals surface area contributed by atoms with Gasteiger partial charge in [-0.1, -0.05) is 55.5 Å². The summed E-state index contributed by atoms with van der Waals surface area (Å²) < 4.78 is 21.7. The fourth-order valence-electron chi connectivity index (χ4n) is 5.35. The molecule has 3 aliphatic heterocycles. The van der Waals surface area contributed by atoms with E-state index < -0.39 is 11.5 Å². The zero-order chi connectivity index (χ0) is 27.6. The Balaban J connectivity index is 1.31. The first-order valence-electron chi connectivity index (χ1n) is 13.3. The largest absolute Gasteiger partial charge is 0.342 e. The predicted octanol–water partition coefficient (Wildman–Crippen LogP) is 5.09. The number of aromatic nitrogens is 3. The van der Waals surface area contributed by atoms with Gasteiger partial charge in [0.2, 0.25) is 11.9 Å². The average molecular weight is 538 g/mol. The number of halogens is 1. The summed E-state index contributed by atoms with van der Waals surface area (Å²) in [6.45, 7) is 4.27. The van der Waals surface area contributed by atoms with Crippen LogP contribution in [0.2, 0.25) is 0 Å². The van der Waals surface area contributed by atoms with Crippen LogP contribution in [-0.2, 0) is 16.1 Å². The van der Waals surface area contributed by atoms with Gasteiger partial charge in [0.25, 0.3) is 5.91 Å². The summed E-state index contributed by atoms with van der Waals surface area (Å²) in [7, 11) is 1.91. The van der Waals surface area contributed by atoms with E-state index in [0.29, 0.717) is 30.4 Å². The van der Waals surface area contributed by atoms with Gasteiger partial charge in [0.15, 0.2) is 12.0 Å². The van der Waals surface area contributed by atoms with Crippen LogP contribution in [0.5, 0.6) is 0 Å². The Morgan fingerprint density at radius 2 is 1.82 bits per heavy atom. The fraction of sp³-hybridized carbons (Fsp3) is 0.267. The molecule has 1 saturated heterocycles.